The summed E-state index contributed by atoms with van der Waals surface area (Å²) in [5, 5.41) is 14.9. The standard InChI is InChI=1S/C22H34N4O2/c1-16-17(2)26(15-19-11-8-12-28-19)22(20(16)13-23)25-21(27)14-24-18-9-6-4-3-5-7-10-18/h18-19,24H,3-12,14-15H2,1-2H3,(H,25,27)/p+1/t19-/m0/s1. The Morgan fingerprint density at radius 1 is 1.18 bits per heavy atom. The third-order valence-corrected chi connectivity index (χ3v) is 6.40. The van der Waals surface area contributed by atoms with Gasteiger partial charge >= 0.3 is 0 Å². The van der Waals surface area contributed by atoms with Gasteiger partial charge in [0.25, 0.3) is 5.91 Å². The molecule has 3 N–H and O–H groups in total. The number of hydrogen-bond acceptors (Lipinski definition) is 3. The molecule has 0 aromatic carbocycles. The predicted molar refractivity (Wildman–Crippen MR) is 109 cm³/mol. The first-order valence-corrected chi connectivity index (χ1v) is 10.9. The van der Waals surface area contributed by atoms with Crippen LogP contribution in [0.4, 0.5) is 5.82 Å². The number of hydrogen-bond donors (Lipinski definition) is 2. The summed E-state index contributed by atoms with van der Waals surface area (Å²) in [5.41, 5.74) is 2.56. The predicted octanol–water partition coefficient (Wildman–Crippen LogP) is 2.77. The Bertz CT molecular complexity index is 705. The molecule has 1 atom stereocenters. The second-order valence-electron chi connectivity index (χ2n) is 8.38. The highest BCUT2D eigenvalue weighted by Gasteiger charge is 2.24. The molecule has 1 aromatic heterocycles. The molecule has 0 spiro atoms. The molecule has 1 saturated heterocycles. The average molecular weight is 388 g/mol. The van der Waals surface area contributed by atoms with Gasteiger partial charge in [0.05, 0.1) is 24.3 Å². The van der Waals surface area contributed by atoms with Gasteiger partial charge in [-0.25, -0.2) is 0 Å². The highest BCUT2D eigenvalue weighted by atomic mass is 16.5. The molecule has 1 aromatic rings. The molecule has 0 bridgehead atoms. The van der Waals surface area contributed by atoms with Gasteiger partial charge in [0, 0.05) is 12.3 Å². The van der Waals surface area contributed by atoms with Crippen molar-refractivity contribution in [2.75, 3.05) is 18.5 Å². The van der Waals surface area contributed by atoms with Crippen LogP contribution in [0.1, 0.15) is 74.6 Å². The van der Waals surface area contributed by atoms with Crippen molar-refractivity contribution in [3.63, 3.8) is 0 Å². The molecule has 0 unspecified atom stereocenters. The fourth-order valence-electron chi connectivity index (χ4n) is 4.53. The monoisotopic (exact) mass is 387 g/mol. The van der Waals surface area contributed by atoms with E-state index in [9.17, 15) is 10.1 Å². The molecule has 6 nitrogen and oxygen atoms in total. The number of ether oxygens (including phenoxy) is 1. The summed E-state index contributed by atoms with van der Waals surface area (Å²) < 4.78 is 7.85. The van der Waals surface area contributed by atoms with Crippen LogP contribution in [0.3, 0.4) is 0 Å². The molecule has 1 aliphatic carbocycles. The molecule has 1 amide bonds. The Kier molecular flexibility index (Phi) is 7.52. The van der Waals surface area contributed by atoms with Crippen molar-refractivity contribution in [3.8, 4) is 6.07 Å². The molecule has 28 heavy (non-hydrogen) atoms. The van der Waals surface area contributed by atoms with E-state index in [2.05, 4.69) is 21.3 Å². The van der Waals surface area contributed by atoms with Crippen molar-refractivity contribution in [3.05, 3.63) is 16.8 Å². The van der Waals surface area contributed by atoms with E-state index in [4.69, 9.17) is 4.74 Å². The summed E-state index contributed by atoms with van der Waals surface area (Å²) in [4.78, 5) is 12.7. The van der Waals surface area contributed by atoms with Crippen LogP contribution in [0.2, 0.25) is 0 Å². The number of nitriles is 1. The second-order valence-corrected chi connectivity index (χ2v) is 8.38. The van der Waals surface area contributed by atoms with Gasteiger partial charge in [-0.1, -0.05) is 19.3 Å². The largest absolute Gasteiger partial charge is 0.376 e. The topological polar surface area (TPSA) is 83.7 Å². The van der Waals surface area contributed by atoms with Crippen LogP contribution < -0.4 is 10.6 Å². The van der Waals surface area contributed by atoms with Crippen molar-refractivity contribution < 1.29 is 14.8 Å². The number of carbonyl (C=O) groups excluding carboxylic acids is 1. The average Bonchev–Trinajstić information content (AvgIpc) is 3.24. The minimum absolute atomic E-state index is 0.0235. The zero-order valence-corrected chi connectivity index (χ0v) is 17.4. The number of anilines is 1. The molecular formula is C22H35N4O2+. The molecule has 2 heterocycles. The van der Waals surface area contributed by atoms with E-state index in [0.29, 0.717) is 30.5 Å². The van der Waals surface area contributed by atoms with Gasteiger partial charge in [-0.2, -0.15) is 5.26 Å². The third-order valence-electron chi connectivity index (χ3n) is 6.40. The van der Waals surface area contributed by atoms with Crippen LogP contribution in [-0.2, 0) is 16.1 Å². The highest BCUT2D eigenvalue weighted by molar-refractivity contribution is 5.92. The second kappa shape index (κ2) is 10.1. The van der Waals surface area contributed by atoms with Crippen LogP contribution in [0, 0.1) is 25.2 Å². The smallest absolute Gasteiger partial charge is 0.280 e. The van der Waals surface area contributed by atoms with Crippen molar-refractivity contribution in [2.45, 2.75) is 90.3 Å². The fraction of sp³-hybridized carbons (Fsp3) is 0.727. The quantitative estimate of drug-likeness (QED) is 0.787. The molecule has 1 saturated carbocycles. The van der Waals surface area contributed by atoms with E-state index in [-0.39, 0.29) is 12.0 Å². The number of amides is 1. The van der Waals surface area contributed by atoms with Crippen molar-refractivity contribution in [2.24, 2.45) is 0 Å². The lowest BCUT2D eigenvalue weighted by molar-refractivity contribution is -0.680. The van der Waals surface area contributed by atoms with Crippen LogP contribution in [0.15, 0.2) is 0 Å². The van der Waals surface area contributed by atoms with Crippen LogP contribution >= 0.6 is 0 Å². The number of aromatic nitrogens is 1. The molecule has 154 valence electrons. The maximum atomic E-state index is 12.7. The van der Waals surface area contributed by atoms with Gasteiger partial charge in [0.2, 0.25) is 0 Å². The van der Waals surface area contributed by atoms with Crippen molar-refractivity contribution in [1.82, 2.24) is 4.57 Å². The number of nitrogens with zero attached hydrogens (tertiary/aromatic N) is 2. The van der Waals surface area contributed by atoms with Crippen molar-refractivity contribution >= 4 is 11.7 Å². The molecular weight excluding hydrogens is 352 g/mol. The normalized spacial score (nSPS) is 21.1. The minimum atomic E-state index is -0.0235. The van der Waals surface area contributed by atoms with Crippen LogP contribution in [0.25, 0.3) is 0 Å². The van der Waals surface area contributed by atoms with Crippen molar-refractivity contribution in [1.29, 1.82) is 5.26 Å². The first-order chi connectivity index (χ1) is 13.6. The summed E-state index contributed by atoms with van der Waals surface area (Å²) >= 11 is 0. The van der Waals surface area contributed by atoms with E-state index in [0.717, 1.165) is 30.7 Å². The molecule has 2 aliphatic rings. The van der Waals surface area contributed by atoms with E-state index in [1.165, 1.54) is 44.9 Å². The molecule has 2 fully saturated rings. The van der Waals surface area contributed by atoms with Crippen LogP contribution in [0.5, 0.6) is 0 Å². The van der Waals surface area contributed by atoms with Gasteiger partial charge < -0.3 is 19.9 Å². The Morgan fingerprint density at radius 3 is 2.54 bits per heavy atom. The number of rotatable bonds is 6. The zero-order chi connectivity index (χ0) is 19.9. The lowest BCUT2D eigenvalue weighted by Gasteiger charge is -2.19. The Labute approximate surface area is 168 Å². The molecule has 1 aliphatic heterocycles. The SMILES string of the molecule is Cc1c(C#N)c(NC(=O)C[NH2+]C2CCCCCCC2)n(C[C@@H]2CCCO2)c1C. The molecule has 3 rings (SSSR count). The summed E-state index contributed by atoms with van der Waals surface area (Å²) in [6, 6.07) is 2.83. The number of nitrogens with two attached hydrogens (primary N) is 1. The number of carbonyl (C=O) groups is 1. The van der Waals surface area contributed by atoms with Crippen LogP contribution in [-0.4, -0.2) is 35.8 Å². The fourth-order valence-corrected chi connectivity index (χ4v) is 4.53. The van der Waals surface area contributed by atoms with E-state index >= 15 is 0 Å². The lowest BCUT2D eigenvalue weighted by atomic mass is 9.97. The summed E-state index contributed by atoms with van der Waals surface area (Å²) in [7, 11) is 0. The Morgan fingerprint density at radius 2 is 1.89 bits per heavy atom. The third kappa shape index (κ3) is 5.15. The van der Waals surface area contributed by atoms with E-state index in [1.54, 1.807) is 0 Å². The van der Waals surface area contributed by atoms with E-state index in [1.807, 2.05) is 13.8 Å². The maximum Gasteiger partial charge on any atom is 0.280 e. The first-order valence-electron chi connectivity index (χ1n) is 10.9. The molecule has 6 heteroatoms. The Hall–Kier alpha value is -1.84. The van der Waals surface area contributed by atoms with Gasteiger partial charge in [-0.3, -0.25) is 4.79 Å². The van der Waals surface area contributed by atoms with Gasteiger partial charge in [0.1, 0.15) is 11.9 Å². The highest BCUT2D eigenvalue weighted by Crippen LogP contribution is 2.28. The summed E-state index contributed by atoms with van der Waals surface area (Å²) in [5.74, 6) is 0.619. The zero-order valence-electron chi connectivity index (χ0n) is 17.4. The summed E-state index contributed by atoms with van der Waals surface area (Å²) in [6.07, 6.45) is 11.2. The van der Waals surface area contributed by atoms with Gasteiger partial charge in [-0.15, -0.1) is 0 Å². The number of nitrogens with one attached hydrogen (secondary N) is 1. The number of quaternary nitrogens is 1. The minimum Gasteiger partial charge on any atom is -0.376 e. The molecule has 0 radical (unpaired) electrons. The summed E-state index contributed by atoms with van der Waals surface area (Å²) in [6.45, 7) is 5.87. The van der Waals surface area contributed by atoms with E-state index < -0.39 is 0 Å². The maximum absolute atomic E-state index is 12.7. The first kappa shape index (κ1) is 20.9. The van der Waals surface area contributed by atoms with Gasteiger partial charge in [0.15, 0.2) is 6.54 Å². The van der Waals surface area contributed by atoms with Gasteiger partial charge in [-0.05, 0) is 57.9 Å². The Balaban J connectivity index is 1.65. The lowest BCUT2D eigenvalue weighted by Crippen LogP contribution is -2.91.